The summed E-state index contributed by atoms with van der Waals surface area (Å²) in [5.41, 5.74) is 1.16. The molecule has 1 aromatic carbocycles. The van der Waals surface area contributed by atoms with Crippen molar-refractivity contribution in [3.8, 4) is 11.5 Å². The molecule has 19 heavy (non-hydrogen) atoms. The van der Waals surface area contributed by atoms with Gasteiger partial charge in [0, 0.05) is 32.2 Å². The number of nitrogens with zero attached hydrogens (tertiary/aromatic N) is 1. The zero-order valence-electron chi connectivity index (χ0n) is 11.4. The maximum atomic E-state index is 9.69. The molecule has 2 N–H and O–H groups in total. The van der Waals surface area contributed by atoms with Crippen molar-refractivity contribution in [3.05, 3.63) is 36.4 Å². The summed E-state index contributed by atoms with van der Waals surface area (Å²) < 4.78 is 5.19. The summed E-state index contributed by atoms with van der Waals surface area (Å²) in [5, 5.41) is 13.1. The van der Waals surface area contributed by atoms with Crippen LogP contribution in [0.5, 0.6) is 11.5 Å². The standard InChI is InChI=1S/C15H22N2O2/c1-3-4-13(17-9-7-16-8-10-17)12-5-6-14(18)15(11-12)19-2/h3,5-6,11,13,16,18H,1,4,7-10H2,2H3/t13-/m1/s1. The molecule has 1 fully saturated rings. The van der Waals surface area contributed by atoms with E-state index < -0.39 is 0 Å². The molecular weight excluding hydrogens is 240 g/mol. The van der Waals surface area contributed by atoms with E-state index in [9.17, 15) is 5.11 Å². The average Bonchev–Trinajstić information content (AvgIpc) is 2.46. The number of benzene rings is 1. The van der Waals surface area contributed by atoms with Gasteiger partial charge in [0.25, 0.3) is 0 Å². The Hall–Kier alpha value is -1.52. The Labute approximate surface area is 114 Å². The van der Waals surface area contributed by atoms with Crippen LogP contribution in [0, 0.1) is 0 Å². The van der Waals surface area contributed by atoms with Gasteiger partial charge in [-0.1, -0.05) is 12.1 Å². The summed E-state index contributed by atoms with van der Waals surface area (Å²) in [4.78, 5) is 2.45. The van der Waals surface area contributed by atoms with Gasteiger partial charge in [-0.3, -0.25) is 4.90 Å². The van der Waals surface area contributed by atoms with Gasteiger partial charge in [-0.25, -0.2) is 0 Å². The zero-order chi connectivity index (χ0) is 13.7. The second kappa shape index (κ2) is 6.59. The fraction of sp³-hybridized carbons (Fsp3) is 0.467. The van der Waals surface area contributed by atoms with Crippen LogP contribution in [0.3, 0.4) is 0 Å². The molecule has 1 saturated heterocycles. The van der Waals surface area contributed by atoms with Crippen LogP contribution in [0.1, 0.15) is 18.0 Å². The summed E-state index contributed by atoms with van der Waals surface area (Å²) in [6, 6.07) is 5.89. The van der Waals surface area contributed by atoms with Crippen molar-refractivity contribution in [2.45, 2.75) is 12.5 Å². The fourth-order valence-corrected chi connectivity index (χ4v) is 2.55. The highest BCUT2D eigenvalue weighted by atomic mass is 16.5. The molecule has 1 aromatic rings. The average molecular weight is 262 g/mol. The van der Waals surface area contributed by atoms with Crippen molar-refractivity contribution in [1.29, 1.82) is 0 Å². The first-order chi connectivity index (χ1) is 9.26. The molecule has 4 heteroatoms. The van der Waals surface area contributed by atoms with Crippen LogP contribution in [0.25, 0.3) is 0 Å². The Morgan fingerprint density at radius 2 is 2.21 bits per heavy atom. The maximum Gasteiger partial charge on any atom is 0.160 e. The van der Waals surface area contributed by atoms with Crippen molar-refractivity contribution in [2.24, 2.45) is 0 Å². The fourth-order valence-electron chi connectivity index (χ4n) is 2.55. The van der Waals surface area contributed by atoms with Gasteiger partial charge in [0.1, 0.15) is 0 Å². The van der Waals surface area contributed by atoms with E-state index in [1.165, 1.54) is 0 Å². The van der Waals surface area contributed by atoms with Crippen LogP contribution in [0.4, 0.5) is 0 Å². The van der Waals surface area contributed by atoms with Gasteiger partial charge >= 0.3 is 0 Å². The molecule has 0 spiro atoms. The highest BCUT2D eigenvalue weighted by molar-refractivity contribution is 5.42. The molecular formula is C15H22N2O2. The number of hydrogen-bond donors (Lipinski definition) is 2. The molecule has 1 aliphatic heterocycles. The molecule has 1 heterocycles. The smallest absolute Gasteiger partial charge is 0.160 e. The van der Waals surface area contributed by atoms with Gasteiger partial charge in [-0.15, -0.1) is 6.58 Å². The minimum Gasteiger partial charge on any atom is -0.504 e. The molecule has 2 rings (SSSR count). The van der Waals surface area contributed by atoms with Gasteiger partial charge in [0.05, 0.1) is 7.11 Å². The molecule has 0 amide bonds. The van der Waals surface area contributed by atoms with Gasteiger partial charge in [-0.05, 0) is 24.1 Å². The van der Waals surface area contributed by atoms with E-state index in [2.05, 4.69) is 16.8 Å². The van der Waals surface area contributed by atoms with Crippen LogP contribution in [-0.4, -0.2) is 43.3 Å². The molecule has 0 aliphatic carbocycles. The molecule has 0 unspecified atom stereocenters. The molecule has 1 atom stereocenters. The van der Waals surface area contributed by atoms with Crippen LogP contribution < -0.4 is 10.1 Å². The third-order valence-electron chi connectivity index (χ3n) is 3.57. The summed E-state index contributed by atoms with van der Waals surface area (Å²) in [6.07, 6.45) is 2.85. The Bertz CT molecular complexity index is 428. The number of aromatic hydroxyl groups is 1. The Kier molecular flexibility index (Phi) is 4.82. The number of methoxy groups -OCH3 is 1. The van der Waals surface area contributed by atoms with Crippen molar-refractivity contribution < 1.29 is 9.84 Å². The Morgan fingerprint density at radius 1 is 1.47 bits per heavy atom. The topological polar surface area (TPSA) is 44.7 Å². The number of ether oxygens (including phenoxy) is 1. The second-order valence-electron chi connectivity index (χ2n) is 4.76. The zero-order valence-corrected chi connectivity index (χ0v) is 11.4. The van der Waals surface area contributed by atoms with Gasteiger partial charge in [0.2, 0.25) is 0 Å². The minimum atomic E-state index is 0.184. The number of phenols is 1. The lowest BCUT2D eigenvalue weighted by molar-refractivity contribution is 0.174. The van der Waals surface area contributed by atoms with Crippen LogP contribution >= 0.6 is 0 Å². The van der Waals surface area contributed by atoms with Crippen molar-refractivity contribution in [1.82, 2.24) is 10.2 Å². The number of hydrogen-bond acceptors (Lipinski definition) is 4. The van der Waals surface area contributed by atoms with Crippen LogP contribution in [-0.2, 0) is 0 Å². The monoisotopic (exact) mass is 262 g/mol. The SMILES string of the molecule is C=CC[C@H](c1ccc(O)c(OC)c1)N1CCNCC1. The maximum absolute atomic E-state index is 9.69. The van der Waals surface area contributed by atoms with E-state index >= 15 is 0 Å². The molecule has 1 aliphatic rings. The van der Waals surface area contributed by atoms with Crippen molar-refractivity contribution >= 4 is 0 Å². The third-order valence-corrected chi connectivity index (χ3v) is 3.57. The highest BCUT2D eigenvalue weighted by Gasteiger charge is 2.21. The normalized spacial score (nSPS) is 17.9. The van der Waals surface area contributed by atoms with E-state index in [4.69, 9.17) is 4.74 Å². The summed E-state index contributed by atoms with van der Waals surface area (Å²) in [6.45, 7) is 7.95. The lowest BCUT2D eigenvalue weighted by atomic mass is 10.0. The molecule has 0 bridgehead atoms. The molecule has 0 aromatic heterocycles. The van der Waals surface area contributed by atoms with Gasteiger partial charge in [0.15, 0.2) is 11.5 Å². The molecule has 0 radical (unpaired) electrons. The van der Waals surface area contributed by atoms with E-state index in [0.717, 1.165) is 38.2 Å². The predicted molar refractivity (Wildman–Crippen MR) is 76.7 cm³/mol. The van der Waals surface area contributed by atoms with Gasteiger partial charge < -0.3 is 15.2 Å². The number of nitrogens with one attached hydrogen (secondary N) is 1. The third kappa shape index (κ3) is 3.28. The number of rotatable bonds is 5. The first kappa shape index (κ1) is 13.9. The quantitative estimate of drug-likeness (QED) is 0.796. The first-order valence-electron chi connectivity index (χ1n) is 6.69. The largest absolute Gasteiger partial charge is 0.504 e. The van der Waals surface area contributed by atoms with Gasteiger partial charge in [-0.2, -0.15) is 0 Å². The molecule has 0 saturated carbocycles. The summed E-state index contributed by atoms with van der Waals surface area (Å²) >= 11 is 0. The summed E-state index contributed by atoms with van der Waals surface area (Å²) in [5.74, 6) is 0.714. The first-order valence-corrected chi connectivity index (χ1v) is 6.69. The Morgan fingerprint density at radius 3 is 2.84 bits per heavy atom. The van der Waals surface area contributed by atoms with Crippen LogP contribution in [0.2, 0.25) is 0 Å². The summed E-state index contributed by atoms with van der Waals surface area (Å²) in [7, 11) is 1.58. The minimum absolute atomic E-state index is 0.184. The highest BCUT2D eigenvalue weighted by Crippen LogP contribution is 2.32. The van der Waals surface area contributed by atoms with E-state index in [-0.39, 0.29) is 5.75 Å². The predicted octanol–water partition coefficient (Wildman–Crippen LogP) is 1.92. The number of phenolic OH excluding ortho intramolecular Hbond substituents is 1. The van der Waals surface area contributed by atoms with E-state index in [1.54, 1.807) is 13.2 Å². The molecule has 4 nitrogen and oxygen atoms in total. The van der Waals surface area contributed by atoms with Crippen molar-refractivity contribution in [3.63, 3.8) is 0 Å². The lowest BCUT2D eigenvalue weighted by Gasteiger charge is -2.35. The Balaban J connectivity index is 2.24. The second-order valence-corrected chi connectivity index (χ2v) is 4.76. The van der Waals surface area contributed by atoms with Crippen molar-refractivity contribution in [2.75, 3.05) is 33.3 Å². The lowest BCUT2D eigenvalue weighted by Crippen LogP contribution is -2.45. The number of piperazine rings is 1. The van der Waals surface area contributed by atoms with E-state index in [0.29, 0.717) is 11.8 Å². The van der Waals surface area contributed by atoms with E-state index in [1.807, 2.05) is 18.2 Å². The van der Waals surface area contributed by atoms with Crippen LogP contribution in [0.15, 0.2) is 30.9 Å². The molecule has 104 valence electrons.